The summed E-state index contributed by atoms with van der Waals surface area (Å²) in [7, 11) is 0. The number of para-hydroxylation sites is 1. The molecule has 1 saturated heterocycles. The molecular formula is C14H18FN3. The Bertz CT molecular complexity index is 441. The van der Waals surface area contributed by atoms with Crippen LogP contribution < -0.4 is 10.2 Å². The molecule has 1 aliphatic heterocycles. The molecule has 1 aromatic carbocycles. The van der Waals surface area contributed by atoms with Gasteiger partial charge in [0.25, 0.3) is 0 Å². The first kappa shape index (κ1) is 12.8. The molecule has 0 amide bonds. The van der Waals surface area contributed by atoms with Crippen LogP contribution in [0.4, 0.5) is 10.1 Å². The van der Waals surface area contributed by atoms with Gasteiger partial charge >= 0.3 is 0 Å². The summed E-state index contributed by atoms with van der Waals surface area (Å²) in [4.78, 5) is 2.02. The molecule has 0 radical (unpaired) electrons. The molecule has 1 heterocycles. The van der Waals surface area contributed by atoms with Gasteiger partial charge in [0, 0.05) is 19.1 Å². The Balaban J connectivity index is 2.26. The summed E-state index contributed by atoms with van der Waals surface area (Å²) in [5.41, 5.74) is 0.605. The van der Waals surface area contributed by atoms with Crippen LogP contribution in [0.3, 0.4) is 0 Å². The molecule has 3 nitrogen and oxygen atoms in total. The summed E-state index contributed by atoms with van der Waals surface area (Å²) in [5.74, 6) is -0.213. The molecule has 2 unspecified atom stereocenters. The quantitative estimate of drug-likeness (QED) is 0.871. The van der Waals surface area contributed by atoms with Crippen molar-refractivity contribution < 1.29 is 4.39 Å². The fourth-order valence-corrected chi connectivity index (χ4v) is 2.35. The number of nitrogens with one attached hydrogen (secondary N) is 1. The van der Waals surface area contributed by atoms with Crippen LogP contribution in [0.5, 0.6) is 0 Å². The zero-order valence-corrected chi connectivity index (χ0v) is 10.6. The lowest BCUT2D eigenvalue weighted by atomic mass is 10.1. The van der Waals surface area contributed by atoms with Crippen molar-refractivity contribution in [2.24, 2.45) is 0 Å². The summed E-state index contributed by atoms with van der Waals surface area (Å²) in [5, 5.41) is 12.3. The van der Waals surface area contributed by atoms with E-state index in [1.807, 2.05) is 11.0 Å². The van der Waals surface area contributed by atoms with Crippen molar-refractivity contribution in [3.8, 4) is 6.07 Å². The highest BCUT2D eigenvalue weighted by atomic mass is 19.1. The van der Waals surface area contributed by atoms with E-state index < -0.39 is 0 Å². The molecule has 0 saturated carbocycles. The Hall–Kier alpha value is -1.60. The second-order valence-electron chi connectivity index (χ2n) is 4.76. The molecule has 1 fully saturated rings. The van der Waals surface area contributed by atoms with Crippen LogP contribution in [0.2, 0.25) is 0 Å². The van der Waals surface area contributed by atoms with Gasteiger partial charge in [-0.2, -0.15) is 5.26 Å². The van der Waals surface area contributed by atoms with Crippen molar-refractivity contribution in [1.82, 2.24) is 5.32 Å². The maximum absolute atomic E-state index is 13.9. The number of rotatable bonds is 2. The number of anilines is 1. The average Bonchev–Trinajstić information content (AvgIpc) is 2.54. The predicted molar refractivity (Wildman–Crippen MR) is 69.8 cm³/mol. The van der Waals surface area contributed by atoms with Gasteiger partial charge in [0.2, 0.25) is 0 Å². The maximum Gasteiger partial charge on any atom is 0.146 e. The second-order valence-corrected chi connectivity index (χ2v) is 4.76. The normalized spacial score (nSPS) is 24.4. The molecule has 0 aromatic heterocycles. The van der Waals surface area contributed by atoms with Crippen molar-refractivity contribution in [2.45, 2.75) is 31.8 Å². The third-order valence-corrected chi connectivity index (χ3v) is 3.43. The summed E-state index contributed by atoms with van der Waals surface area (Å²) in [6.07, 6.45) is 1.37. The average molecular weight is 247 g/mol. The van der Waals surface area contributed by atoms with Gasteiger partial charge < -0.3 is 10.2 Å². The second kappa shape index (κ2) is 5.83. The molecule has 1 aliphatic rings. The highest BCUT2D eigenvalue weighted by molar-refractivity contribution is 5.49. The minimum absolute atomic E-state index is 0.0387. The number of nitriles is 1. The highest BCUT2D eigenvalue weighted by Crippen LogP contribution is 2.24. The van der Waals surface area contributed by atoms with Crippen LogP contribution in [0, 0.1) is 17.1 Å². The van der Waals surface area contributed by atoms with E-state index in [4.69, 9.17) is 5.26 Å². The Morgan fingerprint density at radius 1 is 1.50 bits per heavy atom. The van der Waals surface area contributed by atoms with E-state index in [2.05, 4.69) is 18.3 Å². The van der Waals surface area contributed by atoms with E-state index in [-0.39, 0.29) is 11.9 Å². The molecule has 2 atom stereocenters. The number of nitrogens with zero attached hydrogens (tertiary/aromatic N) is 2. The predicted octanol–water partition coefficient (Wildman–Crippen LogP) is 2.30. The lowest BCUT2D eigenvalue weighted by Crippen LogP contribution is -2.40. The van der Waals surface area contributed by atoms with E-state index in [0.717, 1.165) is 19.5 Å². The molecule has 1 N–H and O–H groups in total. The fourth-order valence-electron chi connectivity index (χ4n) is 2.35. The summed E-state index contributed by atoms with van der Waals surface area (Å²) >= 11 is 0. The third-order valence-electron chi connectivity index (χ3n) is 3.43. The molecule has 0 aliphatic carbocycles. The molecular weight excluding hydrogens is 229 g/mol. The Labute approximate surface area is 107 Å². The molecule has 1 aromatic rings. The van der Waals surface area contributed by atoms with E-state index in [1.54, 1.807) is 12.1 Å². The monoisotopic (exact) mass is 247 g/mol. The Morgan fingerprint density at radius 2 is 2.28 bits per heavy atom. The van der Waals surface area contributed by atoms with E-state index in [0.29, 0.717) is 18.2 Å². The van der Waals surface area contributed by atoms with Crippen LogP contribution in [-0.2, 0) is 0 Å². The maximum atomic E-state index is 13.9. The number of benzene rings is 1. The fraction of sp³-hybridized carbons (Fsp3) is 0.500. The number of hydrogen-bond acceptors (Lipinski definition) is 3. The molecule has 96 valence electrons. The topological polar surface area (TPSA) is 39.1 Å². The number of halogens is 1. The van der Waals surface area contributed by atoms with Crippen LogP contribution in [-0.4, -0.2) is 25.2 Å². The summed E-state index contributed by atoms with van der Waals surface area (Å²) in [6.45, 7) is 3.62. The van der Waals surface area contributed by atoms with E-state index in [9.17, 15) is 4.39 Å². The molecule has 4 heteroatoms. The first-order valence-corrected chi connectivity index (χ1v) is 6.34. The highest BCUT2D eigenvalue weighted by Gasteiger charge is 2.24. The zero-order chi connectivity index (χ0) is 13.0. The van der Waals surface area contributed by atoms with E-state index in [1.165, 1.54) is 6.07 Å². The lowest BCUT2D eigenvalue weighted by molar-refractivity contribution is 0.535. The smallest absolute Gasteiger partial charge is 0.146 e. The van der Waals surface area contributed by atoms with Gasteiger partial charge in [0.1, 0.15) is 5.82 Å². The van der Waals surface area contributed by atoms with Gasteiger partial charge in [-0.3, -0.25) is 0 Å². The number of hydrogen-bond donors (Lipinski definition) is 1. The minimum atomic E-state index is -0.213. The van der Waals surface area contributed by atoms with Gasteiger partial charge in [0.15, 0.2) is 0 Å². The Morgan fingerprint density at radius 3 is 3.00 bits per heavy atom. The zero-order valence-electron chi connectivity index (χ0n) is 10.6. The van der Waals surface area contributed by atoms with Crippen LogP contribution >= 0.6 is 0 Å². The first-order valence-electron chi connectivity index (χ1n) is 6.34. The van der Waals surface area contributed by atoms with Gasteiger partial charge in [-0.25, -0.2) is 4.39 Å². The van der Waals surface area contributed by atoms with Crippen LogP contribution in [0.15, 0.2) is 24.3 Å². The lowest BCUT2D eigenvalue weighted by Gasteiger charge is -2.30. The standard InChI is InChI=1S/C14H18FN3/c1-11-7-9-18(12(6-8-16)10-17-11)14-5-3-2-4-13(14)15/h2-5,11-12,17H,6-7,9-10H2,1H3. The van der Waals surface area contributed by atoms with Crippen molar-refractivity contribution >= 4 is 5.69 Å². The minimum Gasteiger partial charge on any atom is -0.364 e. The van der Waals surface area contributed by atoms with Gasteiger partial charge in [-0.05, 0) is 25.5 Å². The summed E-state index contributed by atoms with van der Waals surface area (Å²) in [6, 6.07) is 9.43. The van der Waals surface area contributed by atoms with Crippen molar-refractivity contribution in [3.63, 3.8) is 0 Å². The molecule has 0 bridgehead atoms. The SMILES string of the molecule is CC1CCN(c2ccccc2F)C(CC#N)CN1. The van der Waals surface area contributed by atoms with Crippen LogP contribution in [0.1, 0.15) is 19.8 Å². The van der Waals surface area contributed by atoms with Crippen molar-refractivity contribution in [1.29, 1.82) is 5.26 Å². The van der Waals surface area contributed by atoms with Crippen molar-refractivity contribution in [2.75, 3.05) is 18.0 Å². The summed E-state index contributed by atoms with van der Waals surface area (Å²) < 4.78 is 13.9. The Kier molecular flexibility index (Phi) is 4.16. The van der Waals surface area contributed by atoms with E-state index >= 15 is 0 Å². The molecule has 0 spiro atoms. The largest absolute Gasteiger partial charge is 0.364 e. The van der Waals surface area contributed by atoms with Gasteiger partial charge in [0.05, 0.1) is 24.2 Å². The molecule has 18 heavy (non-hydrogen) atoms. The van der Waals surface area contributed by atoms with Crippen molar-refractivity contribution in [3.05, 3.63) is 30.1 Å². The van der Waals surface area contributed by atoms with Crippen LogP contribution in [0.25, 0.3) is 0 Å². The third kappa shape index (κ3) is 2.80. The van der Waals surface area contributed by atoms with Gasteiger partial charge in [-0.1, -0.05) is 12.1 Å². The van der Waals surface area contributed by atoms with Gasteiger partial charge in [-0.15, -0.1) is 0 Å². The molecule has 2 rings (SSSR count). The first-order chi connectivity index (χ1) is 8.72.